The van der Waals surface area contributed by atoms with Gasteiger partial charge in [0, 0.05) is 30.8 Å². The molecule has 12 heteroatoms. The monoisotopic (exact) mass is 742 g/mol. The van der Waals surface area contributed by atoms with E-state index >= 15 is 0 Å². The van der Waals surface area contributed by atoms with Crippen molar-refractivity contribution in [3.63, 3.8) is 0 Å². The number of hydrogen-bond donors (Lipinski definition) is 4. The van der Waals surface area contributed by atoms with Crippen LogP contribution in [0.1, 0.15) is 94.5 Å². The smallest absolute Gasteiger partial charge is 0.407 e. The summed E-state index contributed by atoms with van der Waals surface area (Å²) < 4.78 is 4.76. The Balaban J connectivity index is 0.993. The van der Waals surface area contributed by atoms with Gasteiger partial charge in [-0.2, -0.15) is 0 Å². The van der Waals surface area contributed by atoms with E-state index in [2.05, 4.69) is 79.1 Å². The molecule has 5 atom stereocenters. The fourth-order valence-electron chi connectivity index (χ4n) is 8.01. The molecule has 2 aliphatic rings. The number of aromatic amines is 2. The van der Waals surface area contributed by atoms with E-state index in [1.54, 1.807) is 12.4 Å². The minimum atomic E-state index is -0.678. The van der Waals surface area contributed by atoms with Crippen LogP contribution in [-0.2, 0) is 14.3 Å². The Labute approximate surface area is 321 Å². The van der Waals surface area contributed by atoms with Gasteiger partial charge in [0.15, 0.2) is 0 Å². The zero-order valence-corrected chi connectivity index (χ0v) is 31.9. The number of likely N-dealkylation sites (tertiary alicyclic amines) is 1. The quantitative estimate of drug-likeness (QED) is 0.108. The second kappa shape index (κ2) is 16.7. The molecule has 1 saturated carbocycles. The summed E-state index contributed by atoms with van der Waals surface area (Å²) in [5.74, 6) is 1.36. The summed E-state index contributed by atoms with van der Waals surface area (Å²) >= 11 is 0. The van der Waals surface area contributed by atoms with Crippen molar-refractivity contribution in [3.05, 3.63) is 103 Å². The largest absolute Gasteiger partial charge is 0.453 e. The summed E-state index contributed by atoms with van der Waals surface area (Å²) in [5, 5.41) is 5.92. The van der Waals surface area contributed by atoms with Gasteiger partial charge in [-0.05, 0) is 72.4 Å². The number of ether oxygens (including phenoxy) is 1. The predicted molar refractivity (Wildman–Crippen MR) is 210 cm³/mol. The average molecular weight is 743 g/mol. The van der Waals surface area contributed by atoms with Crippen LogP contribution in [0.2, 0.25) is 0 Å². The summed E-state index contributed by atoms with van der Waals surface area (Å²) in [6, 6.07) is 19.7. The van der Waals surface area contributed by atoms with Crippen molar-refractivity contribution in [3.8, 4) is 33.6 Å². The zero-order chi connectivity index (χ0) is 38.5. The van der Waals surface area contributed by atoms with Gasteiger partial charge in [-0.3, -0.25) is 14.6 Å². The number of imidazole rings is 2. The van der Waals surface area contributed by atoms with Crippen LogP contribution in [0.3, 0.4) is 0 Å². The number of carbonyl (C=O) groups excluding carboxylic acids is 3. The molecule has 4 unspecified atom stereocenters. The normalized spacial score (nSPS) is 19.5. The molecule has 0 spiro atoms. The van der Waals surface area contributed by atoms with E-state index in [0.29, 0.717) is 6.54 Å². The average Bonchev–Trinajstić information content (AvgIpc) is 4.02. The highest BCUT2D eigenvalue weighted by Crippen LogP contribution is 2.38. The molecule has 1 aliphatic heterocycles. The van der Waals surface area contributed by atoms with Crippen LogP contribution in [0.25, 0.3) is 33.6 Å². The SMILES string of the molecule is COC(=O)NC(C(=O)N1CCCC1c1ncc(-c2ccc(-c3ccc(-c4cnc([C@@H]5CCCCC5C(=O)NC(C)c5cccnc5)[nH]4)cc3)cc2)[nH]1)C(C)C. The highest BCUT2D eigenvalue weighted by atomic mass is 16.5. The fraction of sp³-hybridized carbons (Fsp3) is 0.395. The van der Waals surface area contributed by atoms with Crippen LogP contribution in [0, 0.1) is 11.8 Å². The molecule has 2 fully saturated rings. The van der Waals surface area contributed by atoms with Gasteiger partial charge in [0.2, 0.25) is 11.8 Å². The fourth-order valence-corrected chi connectivity index (χ4v) is 8.01. The number of carbonyl (C=O) groups is 3. The molecule has 0 bridgehead atoms. The number of methoxy groups -OCH3 is 1. The third kappa shape index (κ3) is 8.33. The lowest BCUT2D eigenvalue weighted by Gasteiger charge is -2.30. The molecule has 1 aliphatic carbocycles. The number of aromatic nitrogens is 5. The number of alkyl carbamates (subject to hydrolysis) is 1. The molecule has 4 N–H and O–H groups in total. The van der Waals surface area contributed by atoms with Gasteiger partial charge in [-0.1, -0.05) is 81.3 Å². The Bertz CT molecular complexity index is 2080. The minimum Gasteiger partial charge on any atom is -0.453 e. The number of amides is 3. The standard InChI is InChI=1S/C43H50N8O4/c1-26(2)38(50-43(54)55-4)42(53)51-22-8-12-37(51)40-46-25-36(49-40)31-19-15-29(16-20-31)28-13-17-30(18-14-28)35-24-45-39(48-35)33-10-5-6-11-34(33)41(52)47-27(3)32-9-7-21-44-23-32/h7,9,13-21,23-27,33-34,37-38H,5-6,8,10-12,22H2,1-4H3,(H,45,48)(H,46,49)(H,47,52)(H,50,54)/t27?,33-,34?,37?,38?/m1/s1. The van der Waals surface area contributed by atoms with Gasteiger partial charge in [0.05, 0.1) is 43.0 Å². The molecular weight excluding hydrogens is 693 g/mol. The lowest BCUT2D eigenvalue weighted by atomic mass is 9.78. The Morgan fingerprint density at radius 2 is 1.38 bits per heavy atom. The van der Waals surface area contributed by atoms with Crippen molar-refractivity contribution in [1.82, 2.24) is 40.5 Å². The third-order valence-electron chi connectivity index (χ3n) is 11.2. The summed E-state index contributed by atoms with van der Waals surface area (Å²) in [6.45, 7) is 6.42. The molecule has 0 radical (unpaired) electrons. The summed E-state index contributed by atoms with van der Waals surface area (Å²) in [5.41, 5.74) is 7.00. The first-order valence-electron chi connectivity index (χ1n) is 19.4. The first-order chi connectivity index (χ1) is 26.7. The maximum atomic E-state index is 13.5. The number of hydrogen-bond acceptors (Lipinski definition) is 7. The van der Waals surface area contributed by atoms with Crippen LogP contribution in [-0.4, -0.2) is 67.4 Å². The van der Waals surface area contributed by atoms with Crippen LogP contribution in [0.5, 0.6) is 0 Å². The zero-order valence-electron chi connectivity index (χ0n) is 31.9. The maximum Gasteiger partial charge on any atom is 0.407 e. The number of pyridine rings is 1. The number of rotatable bonds is 11. The topological polar surface area (TPSA) is 158 Å². The van der Waals surface area contributed by atoms with E-state index in [1.807, 2.05) is 50.2 Å². The molecular formula is C43H50N8O4. The highest BCUT2D eigenvalue weighted by molar-refractivity contribution is 5.86. The highest BCUT2D eigenvalue weighted by Gasteiger charge is 2.38. The van der Waals surface area contributed by atoms with Gasteiger partial charge >= 0.3 is 6.09 Å². The Morgan fingerprint density at radius 3 is 2.00 bits per heavy atom. The predicted octanol–water partition coefficient (Wildman–Crippen LogP) is 7.72. The molecule has 286 valence electrons. The Kier molecular flexibility index (Phi) is 11.4. The van der Waals surface area contributed by atoms with Crippen LogP contribution in [0.15, 0.2) is 85.5 Å². The number of nitrogens with zero attached hydrogens (tertiary/aromatic N) is 4. The number of H-pyrrole nitrogens is 2. The molecule has 5 aromatic rings. The molecule has 4 heterocycles. The molecule has 7 rings (SSSR count). The van der Waals surface area contributed by atoms with E-state index in [-0.39, 0.29) is 41.7 Å². The molecule has 12 nitrogen and oxygen atoms in total. The van der Waals surface area contributed by atoms with Crippen LogP contribution >= 0.6 is 0 Å². The third-order valence-corrected chi connectivity index (χ3v) is 11.2. The van der Waals surface area contributed by atoms with Crippen LogP contribution in [0.4, 0.5) is 4.79 Å². The lowest BCUT2D eigenvalue weighted by molar-refractivity contribution is -0.135. The molecule has 3 amide bonds. The van der Waals surface area contributed by atoms with Gasteiger partial charge in [-0.15, -0.1) is 0 Å². The van der Waals surface area contributed by atoms with E-state index in [0.717, 1.165) is 89.4 Å². The second-order valence-corrected chi connectivity index (χ2v) is 15.1. The van der Waals surface area contributed by atoms with Gasteiger partial charge in [0.25, 0.3) is 0 Å². The number of nitrogens with one attached hydrogen (secondary N) is 4. The molecule has 1 saturated heterocycles. The van der Waals surface area contributed by atoms with Crippen LogP contribution < -0.4 is 10.6 Å². The van der Waals surface area contributed by atoms with Crippen molar-refractivity contribution in [2.24, 2.45) is 11.8 Å². The lowest BCUT2D eigenvalue weighted by Crippen LogP contribution is -2.51. The van der Waals surface area contributed by atoms with E-state index in [4.69, 9.17) is 9.72 Å². The van der Waals surface area contributed by atoms with Crippen molar-refractivity contribution >= 4 is 17.9 Å². The first kappa shape index (κ1) is 37.5. The second-order valence-electron chi connectivity index (χ2n) is 15.1. The summed E-state index contributed by atoms with van der Waals surface area (Å²) in [6.07, 6.45) is 12.2. The van der Waals surface area contributed by atoms with Crippen molar-refractivity contribution in [1.29, 1.82) is 0 Å². The molecule has 55 heavy (non-hydrogen) atoms. The van der Waals surface area contributed by atoms with Gasteiger partial charge in [0.1, 0.15) is 17.7 Å². The van der Waals surface area contributed by atoms with Crippen molar-refractivity contribution < 1.29 is 19.1 Å². The van der Waals surface area contributed by atoms with E-state index < -0.39 is 12.1 Å². The Morgan fingerprint density at radius 1 is 0.764 bits per heavy atom. The van der Waals surface area contributed by atoms with Crippen molar-refractivity contribution in [2.75, 3.05) is 13.7 Å². The summed E-state index contributed by atoms with van der Waals surface area (Å²) in [7, 11) is 1.30. The Hall–Kier alpha value is -5.78. The maximum absolute atomic E-state index is 13.5. The van der Waals surface area contributed by atoms with E-state index in [9.17, 15) is 14.4 Å². The van der Waals surface area contributed by atoms with Gasteiger partial charge < -0.3 is 30.2 Å². The van der Waals surface area contributed by atoms with Crippen molar-refractivity contribution in [2.45, 2.75) is 83.3 Å². The minimum absolute atomic E-state index is 0.0412. The molecule has 2 aromatic carbocycles. The summed E-state index contributed by atoms with van der Waals surface area (Å²) in [4.78, 5) is 61.4. The number of benzene rings is 2. The van der Waals surface area contributed by atoms with E-state index in [1.165, 1.54) is 7.11 Å². The molecule has 3 aromatic heterocycles. The first-order valence-corrected chi connectivity index (χ1v) is 19.4. The van der Waals surface area contributed by atoms with Gasteiger partial charge in [-0.25, -0.2) is 14.8 Å².